The maximum atomic E-state index is 13.5. The first kappa shape index (κ1) is 17.3. The van der Waals surface area contributed by atoms with Crippen LogP contribution in [-0.2, 0) is 4.79 Å². The topological polar surface area (TPSA) is 60.9 Å². The van der Waals surface area contributed by atoms with Gasteiger partial charge in [-0.15, -0.1) is 12.4 Å². The summed E-state index contributed by atoms with van der Waals surface area (Å²) >= 11 is 0. The minimum atomic E-state index is -0.940. The Morgan fingerprint density at radius 2 is 1.62 bits per heavy atom. The van der Waals surface area contributed by atoms with Crippen LogP contribution in [0.4, 0.5) is 8.78 Å². The van der Waals surface area contributed by atoms with Crippen LogP contribution in [-0.4, -0.2) is 59.5 Å². The molecule has 0 unspecified atom stereocenters. The fraction of sp³-hybridized carbons (Fsp3) is 0.385. The molecule has 1 aliphatic heterocycles. The fourth-order valence-corrected chi connectivity index (χ4v) is 2.16. The second-order valence-corrected chi connectivity index (χ2v) is 4.56. The highest BCUT2D eigenvalue weighted by molar-refractivity contribution is 5.94. The first-order valence-electron chi connectivity index (χ1n) is 6.16. The SMILES string of the molecule is Cl.O=C(O)CN1CCN(C(=O)c2c(F)cccc2F)CC1. The minimum absolute atomic E-state index is 0. The second kappa shape index (κ2) is 7.33. The van der Waals surface area contributed by atoms with Crippen LogP contribution in [0.3, 0.4) is 0 Å². The number of carbonyl (C=O) groups is 2. The third-order valence-electron chi connectivity index (χ3n) is 3.19. The van der Waals surface area contributed by atoms with Gasteiger partial charge in [0.2, 0.25) is 0 Å². The average Bonchev–Trinajstić information content (AvgIpc) is 2.38. The summed E-state index contributed by atoms with van der Waals surface area (Å²) < 4.78 is 27.1. The van der Waals surface area contributed by atoms with Crippen molar-refractivity contribution in [2.24, 2.45) is 0 Å². The van der Waals surface area contributed by atoms with Crippen LogP contribution in [0, 0.1) is 11.6 Å². The van der Waals surface area contributed by atoms with Crippen molar-refractivity contribution in [1.29, 1.82) is 0 Å². The smallest absolute Gasteiger partial charge is 0.317 e. The Bertz CT molecular complexity index is 514. The number of piperazine rings is 1. The fourth-order valence-electron chi connectivity index (χ4n) is 2.16. The standard InChI is InChI=1S/C13H14F2N2O3.ClH/c14-9-2-1-3-10(15)12(9)13(20)17-6-4-16(5-7-17)8-11(18)19;/h1-3H,4-8H2,(H,18,19);1H. The lowest BCUT2D eigenvalue weighted by Gasteiger charge is -2.33. The van der Waals surface area contributed by atoms with Crippen molar-refractivity contribution >= 4 is 24.3 Å². The van der Waals surface area contributed by atoms with Gasteiger partial charge < -0.3 is 10.0 Å². The number of halogens is 3. The molecule has 1 aromatic carbocycles. The van der Waals surface area contributed by atoms with Gasteiger partial charge in [0.15, 0.2) is 0 Å². The molecule has 2 rings (SSSR count). The van der Waals surface area contributed by atoms with Crippen LogP contribution in [0.1, 0.15) is 10.4 Å². The van der Waals surface area contributed by atoms with Gasteiger partial charge in [-0.2, -0.15) is 0 Å². The Labute approximate surface area is 126 Å². The van der Waals surface area contributed by atoms with Crippen LogP contribution in [0.25, 0.3) is 0 Å². The molecular formula is C13H15ClF2N2O3. The van der Waals surface area contributed by atoms with Crippen molar-refractivity contribution in [2.75, 3.05) is 32.7 Å². The Hall–Kier alpha value is -1.73. The van der Waals surface area contributed by atoms with Gasteiger partial charge in [0, 0.05) is 26.2 Å². The highest BCUT2D eigenvalue weighted by Crippen LogP contribution is 2.16. The summed E-state index contributed by atoms with van der Waals surface area (Å²) in [7, 11) is 0. The predicted molar refractivity (Wildman–Crippen MR) is 73.6 cm³/mol. The Balaban J connectivity index is 0.00000220. The minimum Gasteiger partial charge on any atom is -0.480 e. The molecule has 8 heteroatoms. The number of rotatable bonds is 3. The molecule has 1 N–H and O–H groups in total. The summed E-state index contributed by atoms with van der Waals surface area (Å²) in [6, 6.07) is 3.28. The van der Waals surface area contributed by atoms with Gasteiger partial charge >= 0.3 is 5.97 Å². The highest BCUT2D eigenvalue weighted by atomic mass is 35.5. The van der Waals surface area contributed by atoms with Gasteiger partial charge in [0.05, 0.1) is 6.54 Å². The quantitative estimate of drug-likeness (QED) is 0.910. The molecule has 1 fully saturated rings. The van der Waals surface area contributed by atoms with E-state index in [1.165, 1.54) is 11.0 Å². The lowest BCUT2D eigenvalue weighted by Crippen LogP contribution is -2.50. The van der Waals surface area contributed by atoms with Gasteiger partial charge in [-0.1, -0.05) is 6.07 Å². The lowest BCUT2D eigenvalue weighted by molar-refractivity contribution is -0.138. The van der Waals surface area contributed by atoms with Crippen LogP contribution >= 0.6 is 12.4 Å². The van der Waals surface area contributed by atoms with Gasteiger partial charge in [-0.3, -0.25) is 14.5 Å². The summed E-state index contributed by atoms with van der Waals surface area (Å²) in [5.41, 5.74) is -0.556. The van der Waals surface area contributed by atoms with Gasteiger partial charge in [0.25, 0.3) is 5.91 Å². The van der Waals surface area contributed by atoms with Gasteiger partial charge in [-0.25, -0.2) is 8.78 Å². The van der Waals surface area contributed by atoms with Crippen LogP contribution < -0.4 is 0 Å². The third kappa shape index (κ3) is 4.12. The number of carbonyl (C=O) groups excluding carboxylic acids is 1. The molecule has 116 valence electrons. The van der Waals surface area contributed by atoms with E-state index >= 15 is 0 Å². The van der Waals surface area contributed by atoms with Crippen molar-refractivity contribution in [3.63, 3.8) is 0 Å². The number of aliphatic carboxylic acids is 1. The number of hydrogen-bond acceptors (Lipinski definition) is 3. The molecule has 1 amide bonds. The highest BCUT2D eigenvalue weighted by Gasteiger charge is 2.26. The monoisotopic (exact) mass is 320 g/mol. The number of amides is 1. The second-order valence-electron chi connectivity index (χ2n) is 4.56. The van der Waals surface area contributed by atoms with E-state index in [1.807, 2.05) is 0 Å². The van der Waals surface area contributed by atoms with Crippen molar-refractivity contribution in [3.05, 3.63) is 35.4 Å². The van der Waals surface area contributed by atoms with Crippen LogP contribution in [0.15, 0.2) is 18.2 Å². The molecule has 0 bridgehead atoms. The molecule has 0 atom stereocenters. The Morgan fingerprint density at radius 3 is 2.10 bits per heavy atom. The summed E-state index contributed by atoms with van der Waals surface area (Å²) in [6.45, 7) is 1.14. The number of carboxylic acids is 1. The van der Waals surface area contributed by atoms with Gasteiger partial charge in [0.1, 0.15) is 17.2 Å². The lowest BCUT2D eigenvalue weighted by atomic mass is 10.1. The normalized spacial score (nSPS) is 15.4. The molecule has 0 radical (unpaired) electrons. The van der Waals surface area contributed by atoms with Crippen molar-refractivity contribution in [1.82, 2.24) is 9.80 Å². The zero-order valence-electron chi connectivity index (χ0n) is 11.1. The predicted octanol–water partition coefficient (Wildman–Crippen LogP) is 1.23. The number of carboxylic acid groups (broad SMARTS) is 1. The molecule has 1 heterocycles. The van der Waals surface area contributed by atoms with Crippen molar-refractivity contribution in [3.8, 4) is 0 Å². The zero-order chi connectivity index (χ0) is 14.7. The first-order chi connectivity index (χ1) is 9.49. The molecule has 0 aliphatic carbocycles. The number of nitrogens with zero attached hydrogens (tertiary/aromatic N) is 2. The molecular weight excluding hydrogens is 306 g/mol. The molecule has 1 aliphatic rings. The van der Waals surface area contributed by atoms with Crippen molar-refractivity contribution in [2.45, 2.75) is 0 Å². The van der Waals surface area contributed by atoms with E-state index in [1.54, 1.807) is 4.90 Å². The van der Waals surface area contributed by atoms with E-state index in [4.69, 9.17) is 5.11 Å². The maximum absolute atomic E-state index is 13.5. The summed E-state index contributed by atoms with van der Waals surface area (Å²) in [6.07, 6.45) is 0. The maximum Gasteiger partial charge on any atom is 0.317 e. The molecule has 21 heavy (non-hydrogen) atoms. The Kier molecular flexibility index (Phi) is 6.04. The van der Waals surface area contributed by atoms with Gasteiger partial charge in [-0.05, 0) is 12.1 Å². The molecule has 1 aromatic rings. The van der Waals surface area contributed by atoms with Crippen LogP contribution in [0.2, 0.25) is 0 Å². The van der Waals surface area contributed by atoms with E-state index in [0.717, 1.165) is 12.1 Å². The zero-order valence-corrected chi connectivity index (χ0v) is 11.9. The Morgan fingerprint density at radius 1 is 1.10 bits per heavy atom. The number of hydrogen-bond donors (Lipinski definition) is 1. The first-order valence-corrected chi connectivity index (χ1v) is 6.16. The van der Waals surface area contributed by atoms with E-state index in [9.17, 15) is 18.4 Å². The van der Waals surface area contributed by atoms with E-state index in [2.05, 4.69) is 0 Å². The van der Waals surface area contributed by atoms with Crippen LogP contribution in [0.5, 0.6) is 0 Å². The average molecular weight is 321 g/mol. The molecule has 0 saturated carbocycles. The van der Waals surface area contributed by atoms with E-state index in [-0.39, 0.29) is 32.0 Å². The number of benzene rings is 1. The third-order valence-corrected chi connectivity index (χ3v) is 3.19. The largest absolute Gasteiger partial charge is 0.480 e. The molecule has 1 saturated heterocycles. The van der Waals surface area contributed by atoms with Crippen molar-refractivity contribution < 1.29 is 23.5 Å². The molecule has 0 spiro atoms. The molecule has 5 nitrogen and oxygen atoms in total. The summed E-state index contributed by atoms with van der Waals surface area (Å²) in [4.78, 5) is 25.7. The molecule has 0 aromatic heterocycles. The summed E-state index contributed by atoms with van der Waals surface area (Å²) in [5.74, 6) is -3.41. The van der Waals surface area contributed by atoms with E-state index in [0.29, 0.717) is 13.1 Å². The van der Waals surface area contributed by atoms with E-state index < -0.39 is 29.1 Å². The summed E-state index contributed by atoms with van der Waals surface area (Å²) in [5, 5.41) is 8.67.